The Hall–Kier alpha value is -2.13. The van der Waals surface area contributed by atoms with Gasteiger partial charge in [-0.3, -0.25) is 9.59 Å². The van der Waals surface area contributed by atoms with E-state index in [0.717, 1.165) is 0 Å². The number of amides is 1. The molecule has 0 aromatic heterocycles. The number of sulfonamides is 1. The Morgan fingerprint density at radius 3 is 2.52 bits per heavy atom. The Balaban J connectivity index is 2.11. The fraction of sp³-hybridized carbons (Fsp3) is 0.500. The number of hydrogen-bond donors (Lipinski definition) is 2. The van der Waals surface area contributed by atoms with Gasteiger partial charge >= 0.3 is 5.97 Å². The number of nitrogens with one attached hydrogen (secondary N) is 1. The molecule has 0 saturated carbocycles. The zero-order valence-corrected chi connectivity index (χ0v) is 15.0. The number of carboxylic acids is 1. The van der Waals surface area contributed by atoms with E-state index in [1.165, 1.54) is 30.5 Å². The average Bonchev–Trinajstić information content (AvgIpc) is 2.61. The second-order valence-corrected chi connectivity index (χ2v) is 7.88. The van der Waals surface area contributed by atoms with E-state index in [-0.39, 0.29) is 11.4 Å². The number of nitrogens with zero attached hydrogens (tertiary/aromatic N) is 1. The van der Waals surface area contributed by atoms with Crippen molar-refractivity contribution in [2.24, 2.45) is 5.92 Å². The molecule has 9 heteroatoms. The Kier molecular flexibility index (Phi) is 6.02. The van der Waals surface area contributed by atoms with Crippen LogP contribution in [0.5, 0.6) is 5.75 Å². The number of carboxylic acid groups (broad SMARTS) is 1. The van der Waals surface area contributed by atoms with Gasteiger partial charge in [0, 0.05) is 13.1 Å². The largest absolute Gasteiger partial charge is 0.497 e. The van der Waals surface area contributed by atoms with Crippen molar-refractivity contribution in [2.75, 3.05) is 20.2 Å². The minimum atomic E-state index is -3.72. The molecular formula is C16H22N2O6S. The van der Waals surface area contributed by atoms with Gasteiger partial charge in [-0.25, -0.2) is 8.42 Å². The highest BCUT2D eigenvalue weighted by atomic mass is 32.2. The molecule has 1 fully saturated rings. The van der Waals surface area contributed by atoms with Crippen LogP contribution in [0.25, 0.3) is 0 Å². The van der Waals surface area contributed by atoms with Crippen molar-refractivity contribution in [3.8, 4) is 5.75 Å². The van der Waals surface area contributed by atoms with Gasteiger partial charge in [0.05, 0.1) is 17.9 Å². The minimum absolute atomic E-state index is 0.0343. The summed E-state index contributed by atoms with van der Waals surface area (Å²) in [5.74, 6) is -1.59. The van der Waals surface area contributed by atoms with Crippen molar-refractivity contribution in [1.29, 1.82) is 0 Å². The summed E-state index contributed by atoms with van der Waals surface area (Å²) in [5, 5.41) is 11.3. The molecule has 25 heavy (non-hydrogen) atoms. The molecule has 8 nitrogen and oxygen atoms in total. The molecule has 1 aromatic carbocycles. The quantitative estimate of drug-likeness (QED) is 0.762. The first-order valence-corrected chi connectivity index (χ1v) is 9.37. The van der Waals surface area contributed by atoms with E-state index in [0.29, 0.717) is 25.1 Å². The Bertz CT molecular complexity index is 731. The lowest BCUT2D eigenvalue weighted by atomic mass is 9.98. The SMILES string of the molecule is COc1ccc(S(=O)(=O)N2CCCC(C(=O)NC(C)C(=O)O)C2)cc1. The summed E-state index contributed by atoms with van der Waals surface area (Å²) in [5.41, 5.74) is 0. The summed E-state index contributed by atoms with van der Waals surface area (Å²) in [4.78, 5) is 23.2. The van der Waals surface area contributed by atoms with E-state index in [9.17, 15) is 18.0 Å². The molecule has 0 bridgehead atoms. The molecule has 2 rings (SSSR count). The number of carbonyl (C=O) groups is 2. The molecule has 1 aliphatic rings. The van der Waals surface area contributed by atoms with Crippen LogP contribution in [-0.2, 0) is 19.6 Å². The highest BCUT2D eigenvalue weighted by Gasteiger charge is 2.34. The van der Waals surface area contributed by atoms with Crippen LogP contribution in [-0.4, -0.2) is 55.9 Å². The summed E-state index contributed by atoms with van der Waals surface area (Å²) in [6, 6.07) is 5.04. The van der Waals surface area contributed by atoms with Gasteiger partial charge in [-0.1, -0.05) is 0 Å². The number of benzene rings is 1. The van der Waals surface area contributed by atoms with Crippen molar-refractivity contribution < 1.29 is 27.9 Å². The predicted molar refractivity (Wildman–Crippen MR) is 89.7 cm³/mol. The molecule has 2 N–H and O–H groups in total. The topological polar surface area (TPSA) is 113 Å². The molecule has 0 aliphatic carbocycles. The van der Waals surface area contributed by atoms with Gasteiger partial charge in [-0.15, -0.1) is 0 Å². The third-order valence-corrected chi connectivity index (χ3v) is 6.06. The number of ether oxygens (including phenoxy) is 1. The summed E-state index contributed by atoms with van der Waals surface area (Å²) in [7, 11) is -2.22. The Morgan fingerprint density at radius 1 is 1.32 bits per heavy atom. The maximum Gasteiger partial charge on any atom is 0.325 e. The van der Waals surface area contributed by atoms with Crippen LogP contribution in [0.1, 0.15) is 19.8 Å². The molecule has 1 heterocycles. The lowest BCUT2D eigenvalue weighted by molar-refractivity contribution is -0.142. The van der Waals surface area contributed by atoms with Crippen LogP contribution in [0.15, 0.2) is 29.2 Å². The number of hydrogen-bond acceptors (Lipinski definition) is 5. The van der Waals surface area contributed by atoms with Crippen LogP contribution < -0.4 is 10.1 Å². The maximum atomic E-state index is 12.7. The van der Waals surface area contributed by atoms with Crippen LogP contribution in [0.4, 0.5) is 0 Å². The van der Waals surface area contributed by atoms with Gasteiger partial charge in [0.2, 0.25) is 15.9 Å². The van der Waals surface area contributed by atoms with E-state index in [1.54, 1.807) is 12.1 Å². The van der Waals surface area contributed by atoms with Crippen molar-refractivity contribution in [3.63, 3.8) is 0 Å². The summed E-state index contributed by atoms with van der Waals surface area (Å²) < 4.78 is 31.8. The van der Waals surface area contributed by atoms with Gasteiger partial charge < -0.3 is 15.2 Å². The molecule has 1 aliphatic heterocycles. The number of aliphatic carboxylic acids is 1. The number of carbonyl (C=O) groups excluding carboxylic acids is 1. The fourth-order valence-electron chi connectivity index (χ4n) is 2.66. The monoisotopic (exact) mass is 370 g/mol. The smallest absolute Gasteiger partial charge is 0.325 e. The lowest BCUT2D eigenvalue weighted by Crippen LogP contribution is -2.48. The molecule has 2 atom stereocenters. The molecule has 2 unspecified atom stereocenters. The molecule has 0 spiro atoms. The van der Waals surface area contributed by atoms with E-state index in [1.807, 2.05) is 0 Å². The highest BCUT2D eigenvalue weighted by Crippen LogP contribution is 2.25. The van der Waals surface area contributed by atoms with Crippen LogP contribution in [0, 0.1) is 5.92 Å². The normalized spacial score (nSPS) is 19.8. The molecular weight excluding hydrogens is 348 g/mol. The highest BCUT2D eigenvalue weighted by molar-refractivity contribution is 7.89. The van der Waals surface area contributed by atoms with E-state index < -0.39 is 33.9 Å². The molecule has 138 valence electrons. The summed E-state index contributed by atoms with van der Waals surface area (Å²) in [6.45, 7) is 1.73. The van der Waals surface area contributed by atoms with Crippen LogP contribution >= 0.6 is 0 Å². The first-order chi connectivity index (χ1) is 11.8. The van der Waals surface area contributed by atoms with Gasteiger partial charge in [-0.05, 0) is 44.0 Å². The molecule has 1 saturated heterocycles. The standard InChI is InChI=1S/C16H22N2O6S/c1-11(16(20)21)17-15(19)12-4-3-9-18(10-12)25(22,23)14-7-5-13(24-2)6-8-14/h5-8,11-12H,3-4,9-10H2,1-2H3,(H,17,19)(H,20,21). The first-order valence-electron chi connectivity index (χ1n) is 7.93. The number of rotatable bonds is 6. The zero-order chi connectivity index (χ0) is 18.6. The Labute approximate surface area is 146 Å². The zero-order valence-electron chi connectivity index (χ0n) is 14.1. The van der Waals surface area contributed by atoms with Gasteiger partial charge in [0.1, 0.15) is 11.8 Å². The summed E-state index contributed by atoms with van der Waals surface area (Å²) in [6.07, 6.45) is 1.06. The van der Waals surface area contributed by atoms with E-state index in [4.69, 9.17) is 9.84 Å². The van der Waals surface area contributed by atoms with Crippen LogP contribution in [0.3, 0.4) is 0 Å². The van der Waals surface area contributed by atoms with E-state index in [2.05, 4.69) is 5.32 Å². The average molecular weight is 370 g/mol. The second kappa shape index (κ2) is 7.83. The van der Waals surface area contributed by atoms with Crippen molar-refractivity contribution in [3.05, 3.63) is 24.3 Å². The van der Waals surface area contributed by atoms with Gasteiger partial charge in [0.25, 0.3) is 0 Å². The Morgan fingerprint density at radius 2 is 1.96 bits per heavy atom. The van der Waals surface area contributed by atoms with Gasteiger partial charge in [-0.2, -0.15) is 4.31 Å². The first kappa shape index (κ1) is 19.2. The fourth-order valence-corrected chi connectivity index (χ4v) is 4.19. The maximum absolute atomic E-state index is 12.7. The van der Waals surface area contributed by atoms with Crippen molar-refractivity contribution in [2.45, 2.75) is 30.7 Å². The molecule has 1 aromatic rings. The molecule has 1 amide bonds. The predicted octanol–water partition coefficient (Wildman–Crippen LogP) is 0.685. The molecule has 0 radical (unpaired) electrons. The van der Waals surface area contributed by atoms with Gasteiger partial charge in [0.15, 0.2) is 0 Å². The summed E-state index contributed by atoms with van der Waals surface area (Å²) >= 11 is 0. The minimum Gasteiger partial charge on any atom is -0.497 e. The number of piperidine rings is 1. The van der Waals surface area contributed by atoms with Crippen LogP contribution in [0.2, 0.25) is 0 Å². The van der Waals surface area contributed by atoms with Crippen molar-refractivity contribution >= 4 is 21.9 Å². The lowest BCUT2D eigenvalue weighted by Gasteiger charge is -2.31. The van der Waals surface area contributed by atoms with Crippen molar-refractivity contribution in [1.82, 2.24) is 9.62 Å². The van der Waals surface area contributed by atoms with E-state index >= 15 is 0 Å². The third kappa shape index (κ3) is 4.49. The second-order valence-electron chi connectivity index (χ2n) is 5.95. The third-order valence-electron chi connectivity index (χ3n) is 4.18. The number of methoxy groups -OCH3 is 1.